The van der Waals surface area contributed by atoms with E-state index in [2.05, 4.69) is 24.4 Å². The number of carbonyl (C=O) groups excluding carboxylic acids is 1. The molecule has 0 radical (unpaired) electrons. The third-order valence-electron chi connectivity index (χ3n) is 8.59. The van der Waals surface area contributed by atoms with Crippen LogP contribution in [0.25, 0.3) is 0 Å². The number of allylic oxidation sites excluding steroid dienone is 3. The molecule has 1 amide bonds. The van der Waals surface area contributed by atoms with Crippen LogP contribution in [0.2, 0.25) is 0 Å². The van der Waals surface area contributed by atoms with Crippen molar-refractivity contribution < 1.29 is 39.8 Å². The number of nitrogens with one attached hydrogen (secondary N) is 1. The Bertz CT molecular complexity index is 761. The Hall–Kier alpha value is -1.33. The molecule has 1 fully saturated rings. The Morgan fingerprint density at radius 1 is 0.733 bits per heavy atom. The number of amides is 1. The summed E-state index contributed by atoms with van der Waals surface area (Å²) in [4.78, 5) is 12.0. The Morgan fingerprint density at radius 3 is 1.78 bits per heavy atom. The molecule has 0 saturated carbocycles. The van der Waals surface area contributed by atoms with Gasteiger partial charge in [0.25, 0.3) is 0 Å². The third-order valence-corrected chi connectivity index (χ3v) is 8.59. The second-order valence-electron chi connectivity index (χ2n) is 12.6. The van der Waals surface area contributed by atoms with Gasteiger partial charge in [-0.2, -0.15) is 0 Å². The highest BCUT2D eigenvalue weighted by atomic mass is 16.7. The maximum atomic E-state index is 12.0. The maximum Gasteiger partial charge on any atom is 0.220 e. The molecule has 1 heterocycles. The highest BCUT2D eigenvalue weighted by Crippen LogP contribution is 2.22. The molecule has 0 spiro atoms. The number of rotatable bonds is 28. The normalized spacial score (nSPS) is 23.6. The van der Waals surface area contributed by atoms with Crippen molar-refractivity contribution in [2.24, 2.45) is 0 Å². The van der Waals surface area contributed by atoms with E-state index in [-0.39, 0.29) is 18.9 Å². The molecule has 9 nitrogen and oxygen atoms in total. The van der Waals surface area contributed by atoms with Gasteiger partial charge < -0.3 is 40.3 Å². The first-order valence-corrected chi connectivity index (χ1v) is 18.1. The lowest BCUT2D eigenvalue weighted by Gasteiger charge is -2.40. The minimum atomic E-state index is -1.56. The van der Waals surface area contributed by atoms with Crippen LogP contribution >= 0.6 is 0 Å². The van der Waals surface area contributed by atoms with Gasteiger partial charge in [-0.3, -0.25) is 4.79 Å². The number of hydrogen-bond acceptors (Lipinski definition) is 8. The molecule has 0 bridgehead atoms. The molecule has 7 atom stereocenters. The van der Waals surface area contributed by atoms with Crippen molar-refractivity contribution in [1.29, 1.82) is 0 Å². The van der Waals surface area contributed by atoms with E-state index >= 15 is 0 Å². The van der Waals surface area contributed by atoms with Crippen LogP contribution < -0.4 is 5.32 Å². The molecule has 0 aliphatic carbocycles. The van der Waals surface area contributed by atoms with E-state index in [1.807, 2.05) is 6.08 Å². The zero-order valence-electron chi connectivity index (χ0n) is 28.4. The average molecular weight is 642 g/mol. The van der Waals surface area contributed by atoms with Gasteiger partial charge in [0.1, 0.15) is 24.4 Å². The number of carbonyl (C=O) groups is 1. The summed E-state index contributed by atoms with van der Waals surface area (Å²) in [7, 11) is 0. The molecule has 9 heteroatoms. The lowest BCUT2D eigenvalue weighted by Crippen LogP contribution is -2.60. The smallest absolute Gasteiger partial charge is 0.220 e. The average Bonchev–Trinajstić information content (AvgIpc) is 3.04. The summed E-state index contributed by atoms with van der Waals surface area (Å²) in [6, 6.07) is -0.813. The fourth-order valence-electron chi connectivity index (χ4n) is 5.55. The van der Waals surface area contributed by atoms with Gasteiger partial charge >= 0.3 is 0 Å². The molecular weight excluding hydrogens is 574 g/mol. The van der Waals surface area contributed by atoms with Gasteiger partial charge in [0, 0.05) is 6.42 Å². The van der Waals surface area contributed by atoms with E-state index in [1.54, 1.807) is 13.0 Å². The van der Waals surface area contributed by atoms with Crippen LogP contribution in [0.4, 0.5) is 0 Å². The monoisotopic (exact) mass is 641 g/mol. The van der Waals surface area contributed by atoms with Gasteiger partial charge in [0.05, 0.1) is 25.4 Å². The SMILES string of the molecule is CCCCCCCCCCCCCCCCCC/C=C/CC/C=C/C(O)C(COC1OC(CO)C(O)C(O)C1O)NC(=O)CC. The molecule has 0 aromatic rings. The van der Waals surface area contributed by atoms with Crippen molar-refractivity contribution in [3.8, 4) is 0 Å². The molecule has 1 saturated heterocycles. The fraction of sp³-hybridized carbons (Fsp3) is 0.861. The van der Waals surface area contributed by atoms with E-state index in [0.29, 0.717) is 0 Å². The van der Waals surface area contributed by atoms with Crippen LogP contribution in [-0.2, 0) is 14.3 Å². The predicted octanol–water partition coefficient (Wildman–Crippen LogP) is 5.60. The van der Waals surface area contributed by atoms with E-state index in [9.17, 15) is 30.3 Å². The first-order chi connectivity index (χ1) is 21.8. The highest BCUT2D eigenvalue weighted by Gasteiger charge is 2.44. The summed E-state index contributed by atoms with van der Waals surface area (Å²) in [6.07, 6.45) is 24.7. The highest BCUT2D eigenvalue weighted by molar-refractivity contribution is 5.75. The minimum Gasteiger partial charge on any atom is -0.394 e. The first-order valence-electron chi connectivity index (χ1n) is 18.1. The predicted molar refractivity (Wildman–Crippen MR) is 180 cm³/mol. The summed E-state index contributed by atoms with van der Waals surface area (Å²) in [6.45, 7) is 3.19. The Labute approximate surface area is 273 Å². The van der Waals surface area contributed by atoms with Crippen LogP contribution in [0.3, 0.4) is 0 Å². The number of ether oxygens (including phenoxy) is 2. The largest absolute Gasteiger partial charge is 0.394 e. The van der Waals surface area contributed by atoms with E-state index in [4.69, 9.17) is 9.47 Å². The van der Waals surface area contributed by atoms with Gasteiger partial charge in [0.15, 0.2) is 6.29 Å². The van der Waals surface area contributed by atoms with Crippen LogP contribution in [-0.4, -0.2) is 87.5 Å². The summed E-state index contributed by atoms with van der Waals surface area (Å²) < 4.78 is 10.9. The van der Waals surface area contributed by atoms with Gasteiger partial charge in [-0.1, -0.05) is 134 Å². The molecule has 0 aromatic heterocycles. The second-order valence-corrected chi connectivity index (χ2v) is 12.6. The van der Waals surface area contributed by atoms with Crippen LogP contribution in [0.15, 0.2) is 24.3 Å². The van der Waals surface area contributed by atoms with Crippen molar-refractivity contribution in [3.05, 3.63) is 24.3 Å². The zero-order chi connectivity index (χ0) is 33.1. The van der Waals surface area contributed by atoms with Gasteiger partial charge in [-0.25, -0.2) is 0 Å². The van der Waals surface area contributed by atoms with E-state index < -0.39 is 49.5 Å². The maximum absolute atomic E-state index is 12.0. The Morgan fingerprint density at radius 2 is 1.24 bits per heavy atom. The molecule has 45 heavy (non-hydrogen) atoms. The Balaban J connectivity index is 2.14. The summed E-state index contributed by atoms with van der Waals surface area (Å²) in [5, 5.41) is 52.8. The molecule has 0 aromatic carbocycles. The number of unbranched alkanes of at least 4 members (excludes halogenated alkanes) is 17. The topological polar surface area (TPSA) is 149 Å². The fourth-order valence-corrected chi connectivity index (χ4v) is 5.55. The van der Waals surface area contributed by atoms with Crippen molar-refractivity contribution in [2.75, 3.05) is 13.2 Å². The molecule has 264 valence electrons. The van der Waals surface area contributed by atoms with Crippen molar-refractivity contribution in [1.82, 2.24) is 5.32 Å². The summed E-state index contributed by atoms with van der Waals surface area (Å²) in [5.41, 5.74) is 0. The zero-order valence-corrected chi connectivity index (χ0v) is 28.4. The van der Waals surface area contributed by atoms with Gasteiger partial charge in [0.2, 0.25) is 5.91 Å². The number of aliphatic hydroxyl groups excluding tert-OH is 5. The van der Waals surface area contributed by atoms with Gasteiger partial charge in [-0.05, 0) is 25.7 Å². The van der Waals surface area contributed by atoms with Crippen molar-refractivity contribution in [3.63, 3.8) is 0 Å². The molecule has 1 aliphatic heterocycles. The Kier molecular flexibility index (Phi) is 25.7. The van der Waals surface area contributed by atoms with E-state index in [0.717, 1.165) is 19.3 Å². The minimum absolute atomic E-state index is 0.209. The van der Waals surface area contributed by atoms with Crippen molar-refractivity contribution in [2.45, 2.75) is 185 Å². The standard InChI is InChI=1S/C36H67NO8/c1-3-5-6-7-8-9-10-11-12-13-14-15-16-17-18-19-20-21-22-23-24-25-26-30(39)29(37-32(40)4-2)28-44-36-35(43)34(42)33(41)31(27-38)45-36/h21-22,25-26,29-31,33-36,38-39,41-43H,3-20,23-24,27-28H2,1-2H3,(H,37,40)/b22-21+,26-25+. The molecular formula is C36H67NO8. The number of hydrogen-bond donors (Lipinski definition) is 6. The quantitative estimate of drug-likeness (QED) is 0.0478. The van der Waals surface area contributed by atoms with Crippen molar-refractivity contribution >= 4 is 5.91 Å². The molecule has 7 unspecified atom stereocenters. The van der Waals surface area contributed by atoms with Crippen LogP contribution in [0.1, 0.15) is 142 Å². The third kappa shape index (κ3) is 19.8. The summed E-state index contributed by atoms with van der Waals surface area (Å²) >= 11 is 0. The van der Waals surface area contributed by atoms with Crippen LogP contribution in [0.5, 0.6) is 0 Å². The first kappa shape index (κ1) is 41.7. The molecule has 6 N–H and O–H groups in total. The van der Waals surface area contributed by atoms with Crippen LogP contribution in [0, 0.1) is 0 Å². The molecule has 1 aliphatic rings. The number of aliphatic hydroxyl groups is 5. The molecule has 1 rings (SSSR count). The lowest BCUT2D eigenvalue weighted by molar-refractivity contribution is -0.302. The van der Waals surface area contributed by atoms with Gasteiger partial charge in [-0.15, -0.1) is 0 Å². The lowest BCUT2D eigenvalue weighted by atomic mass is 9.99. The van der Waals surface area contributed by atoms with E-state index in [1.165, 1.54) is 103 Å². The summed E-state index contributed by atoms with van der Waals surface area (Å²) in [5.74, 6) is -0.276. The second kappa shape index (κ2) is 27.8.